The average molecular weight is 331 g/mol. The van der Waals surface area contributed by atoms with Gasteiger partial charge in [0.25, 0.3) is 0 Å². The van der Waals surface area contributed by atoms with E-state index in [2.05, 4.69) is 21.6 Å². The van der Waals surface area contributed by atoms with Crippen LogP contribution in [0.15, 0.2) is 24.3 Å². The van der Waals surface area contributed by atoms with Crippen LogP contribution in [0.2, 0.25) is 0 Å². The van der Waals surface area contributed by atoms with Gasteiger partial charge in [0.15, 0.2) is 0 Å². The molecule has 0 atom stereocenters. The normalized spacial score (nSPS) is 20.5. The van der Waals surface area contributed by atoms with E-state index in [1.807, 2.05) is 18.2 Å². The van der Waals surface area contributed by atoms with E-state index in [9.17, 15) is 9.90 Å². The number of benzene rings is 1. The zero-order chi connectivity index (χ0) is 16.8. The first kappa shape index (κ1) is 17.1. The van der Waals surface area contributed by atoms with E-state index in [1.54, 1.807) is 0 Å². The highest BCUT2D eigenvalue weighted by Crippen LogP contribution is 2.28. The van der Waals surface area contributed by atoms with Crippen molar-refractivity contribution in [3.8, 4) is 0 Å². The van der Waals surface area contributed by atoms with Gasteiger partial charge in [-0.3, -0.25) is 0 Å². The Morgan fingerprint density at radius 3 is 2.50 bits per heavy atom. The number of anilines is 2. The van der Waals surface area contributed by atoms with E-state index in [0.717, 1.165) is 44.5 Å². The molecular formula is C19H29N3O2. The van der Waals surface area contributed by atoms with Crippen LogP contribution in [-0.4, -0.2) is 36.4 Å². The highest BCUT2D eigenvalue weighted by molar-refractivity contribution is 5.89. The fourth-order valence-electron chi connectivity index (χ4n) is 3.74. The van der Waals surface area contributed by atoms with E-state index in [4.69, 9.17) is 0 Å². The topological polar surface area (TPSA) is 64.6 Å². The lowest BCUT2D eigenvalue weighted by Gasteiger charge is -2.24. The first-order chi connectivity index (χ1) is 11.6. The van der Waals surface area contributed by atoms with Gasteiger partial charge in [0.1, 0.15) is 0 Å². The molecule has 1 aliphatic heterocycles. The molecule has 5 heteroatoms. The van der Waals surface area contributed by atoms with Crippen LogP contribution < -0.4 is 15.5 Å². The van der Waals surface area contributed by atoms with Crippen molar-refractivity contribution in [2.45, 2.75) is 57.0 Å². The maximum absolute atomic E-state index is 12.1. The lowest BCUT2D eigenvalue weighted by molar-refractivity contribution is 0.0506. The van der Waals surface area contributed by atoms with Crippen LogP contribution in [0.25, 0.3) is 0 Å². The molecule has 3 rings (SSSR count). The molecule has 1 heterocycles. The monoisotopic (exact) mass is 331 g/mol. The lowest BCUT2D eigenvalue weighted by atomic mass is 10.0. The highest BCUT2D eigenvalue weighted by Gasteiger charge is 2.31. The van der Waals surface area contributed by atoms with Crippen molar-refractivity contribution in [3.63, 3.8) is 0 Å². The molecule has 0 bridgehead atoms. The van der Waals surface area contributed by atoms with Crippen LogP contribution in [0.4, 0.5) is 16.2 Å². The Labute approximate surface area is 144 Å². The van der Waals surface area contributed by atoms with Crippen LogP contribution in [-0.2, 0) is 0 Å². The van der Waals surface area contributed by atoms with Crippen molar-refractivity contribution in [1.82, 2.24) is 5.32 Å². The molecule has 2 fully saturated rings. The zero-order valence-corrected chi connectivity index (χ0v) is 14.4. The number of aliphatic hydroxyl groups is 1. The number of hydrogen-bond acceptors (Lipinski definition) is 3. The largest absolute Gasteiger partial charge is 0.388 e. The van der Waals surface area contributed by atoms with Gasteiger partial charge in [-0.1, -0.05) is 31.7 Å². The minimum absolute atomic E-state index is 0.247. The van der Waals surface area contributed by atoms with Crippen LogP contribution >= 0.6 is 0 Å². The van der Waals surface area contributed by atoms with Crippen molar-refractivity contribution in [2.24, 2.45) is 0 Å². The quantitative estimate of drug-likeness (QED) is 0.791. The Bertz CT molecular complexity index is 547. The summed E-state index contributed by atoms with van der Waals surface area (Å²) in [5.41, 5.74) is 1.25. The molecule has 1 saturated carbocycles. The molecule has 1 aromatic rings. The standard InChI is InChI=1S/C19H29N3O2/c23-18(20-15-19(24)10-3-4-11-19)21-16-8-7-9-17(14-16)22-12-5-1-2-6-13-22/h7-9,14,24H,1-6,10-13,15H2,(H2,20,21,23). The molecule has 0 unspecified atom stereocenters. The number of carbonyl (C=O) groups is 1. The fourth-order valence-corrected chi connectivity index (χ4v) is 3.74. The van der Waals surface area contributed by atoms with Crippen molar-refractivity contribution in [2.75, 3.05) is 29.9 Å². The second-order valence-corrected chi connectivity index (χ2v) is 7.19. The van der Waals surface area contributed by atoms with Gasteiger partial charge in [-0.25, -0.2) is 4.79 Å². The van der Waals surface area contributed by atoms with Gasteiger partial charge >= 0.3 is 6.03 Å². The molecule has 1 aliphatic carbocycles. The van der Waals surface area contributed by atoms with Gasteiger partial charge in [-0.15, -0.1) is 0 Å². The third kappa shape index (κ3) is 4.63. The fraction of sp³-hybridized carbons (Fsp3) is 0.632. The van der Waals surface area contributed by atoms with Gasteiger partial charge in [-0.05, 0) is 43.9 Å². The van der Waals surface area contributed by atoms with Crippen LogP contribution in [0.1, 0.15) is 51.4 Å². The Balaban J connectivity index is 1.54. The van der Waals surface area contributed by atoms with Crippen LogP contribution in [0.3, 0.4) is 0 Å². The van der Waals surface area contributed by atoms with E-state index < -0.39 is 5.60 Å². The van der Waals surface area contributed by atoms with Crippen LogP contribution in [0, 0.1) is 0 Å². The summed E-state index contributed by atoms with van der Waals surface area (Å²) >= 11 is 0. The van der Waals surface area contributed by atoms with Gasteiger partial charge in [0.05, 0.1) is 5.60 Å². The second kappa shape index (κ2) is 7.88. The summed E-state index contributed by atoms with van der Waals surface area (Å²) < 4.78 is 0. The number of rotatable bonds is 4. The maximum Gasteiger partial charge on any atom is 0.319 e. The molecule has 1 saturated heterocycles. The lowest BCUT2D eigenvalue weighted by Crippen LogP contribution is -2.42. The van der Waals surface area contributed by atoms with Gasteiger partial charge in [0.2, 0.25) is 0 Å². The van der Waals surface area contributed by atoms with Crippen LogP contribution in [0.5, 0.6) is 0 Å². The van der Waals surface area contributed by atoms with Crippen molar-refractivity contribution in [3.05, 3.63) is 24.3 Å². The first-order valence-corrected chi connectivity index (χ1v) is 9.27. The van der Waals surface area contributed by atoms with Crippen molar-refractivity contribution < 1.29 is 9.90 Å². The number of urea groups is 1. The SMILES string of the molecule is O=C(NCC1(O)CCCC1)Nc1cccc(N2CCCCCC2)c1. The number of nitrogens with one attached hydrogen (secondary N) is 2. The molecule has 3 N–H and O–H groups in total. The summed E-state index contributed by atoms with van der Waals surface area (Å²) in [5, 5.41) is 16.0. The van der Waals surface area contributed by atoms with E-state index in [0.29, 0.717) is 6.54 Å². The second-order valence-electron chi connectivity index (χ2n) is 7.19. The zero-order valence-electron chi connectivity index (χ0n) is 14.4. The molecule has 2 amide bonds. The molecule has 2 aliphatic rings. The first-order valence-electron chi connectivity index (χ1n) is 9.27. The summed E-state index contributed by atoms with van der Waals surface area (Å²) in [6, 6.07) is 7.79. The molecule has 132 valence electrons. The van der Waals surface area contributed by atoms with Gasteiger partial charge < -0.3 is 20.6 Å². The van der Waals surface area contributed by atoms with Gasteiger partial charge in [0, 0.05) is 31.0 Å². The molecule has 1 aromatic carbocycles. The molecule has 0 radical (unpaired) electrons. The number of carbonyl (C=O) groups excluding carboxylic acids is 1. The molecule has 0 spiro atoms. The minimum Gasteiger partial charge on any atom is -0.388 e. The Morgan fingerprint density at radius 2 is 1.79 bits per heavy atom. The Kier molecular flexibility index (Phi) is 5.61. The molecule has 0 aromatic heterocycles. The summed E-state index contributed by atoms with van der Waals surface area (Å²) in [7, 11) is 0. The number of nitrogens with zero attached hydrogens (tertiary/aromatic N) is 1. The van der Waals surface area contributed by atoms with E-state index in [-0.39, 0.29) is 6.03 Å². The smallest absolute Gasteiger partial charge is 0.319 e. The van der Waals surface area contributed by atoms with Crippen molar-refractivity contribution in [1.29, 1.82) is 0 Å². The minimum atomic E-state index is -0.717. The van der Waals surface area contributed by atoms with E-state index >= 15 is 0 Å². The Morgan fingerprint density at radius 1 is 1.08 bits per heavy atom. The number of hydrogen-bond donors (Lipinski definition) is 3. The average Bonchev–Trinajstić information content (AvgIpc) is 2.85. The summed E-state index contributed by atoms with van der Waals surface area (Å²) in [4.78, 5) is 14.5. The molecule has 24 heavy (non-hydrogen) atoms. The summed E-state index contributed by atoms with van der Waals surface area (Å²) in [6.45, 7) is 2.50. The maximum atomic E-state index is 12.1. The summed E-state index contributed by atoms with van der Waals surface area (Å²) in [6.07, 6.45) is 8.71. The van der Waals surface area contributed by atoms with E-state index in [1.165, 1.54) is 31.4 Å². The van der Waals surface area contributed by atoms with Crippen molar-refractivity contribution >= 4 is 17.4 Å². The number of amides is 2. The Hall–Kier alpha value is -1.75. The molecule has 5 nitrogen and oxygen atoms in total. The van der Waals surface area contributed by atoms with Gasteiger partial charge in [-0.2, -0.15) is 0 Å². The molecular weight excluding hydrogens is 302 g/mol. The summed E-state index contributed by atoms with van der Waals surface area (Å²) in [5.74, 6) is 0. The third-order valence-electron chi connectivity index (χ3n) is 5.19. The predicted octanol–water partition coefficient (Wildman–Crippen LogP) is 3.49. The predicted molar refractivity (Wildman–Crippen MR) is 97.6 cm³/mol. The highest BCUT2D eigenvalue weighted by atomic mass is 16.3. The third-order valence-corrected chi connectivity index (χ3v) is 5.19.